The van der Waals surface area contributed by atoms with Crippen LogP contribution in [0.5, 0.6) is 11.5 Å². The molecular weight excluding hydrogens is 278 g/mol. The van der Waals surface area contributed by atoms with Crippen molar-refractivity contribution in [3.05, 3.63) is 59.7 Å². The average Bonchev–Trinajstić information content (AvgIpc) is 2.46. The van der Waals surface area contributed by atoms with Crippen molar-refractivity contribution in [2.45, 2.75) is 32.9 Å². The molecule has 4 heteroatoms. The SMILES string of the molecule is CC(C)NC(=O)Cc1cc(O)ccc1OCc1ccccc1. The summed E-state index contributed by atoms with van der Waals surface area (Å²) in [5.74, 6) is 0.644. The summed E-state index contributed by atoms with van der Waals surface area (Å²) in [6.07, 6.45) is 0.177. The highest BCUT2D eigenvalue weighted by atomic mass is 16.5. The van der Waals surface area contributed by atoms with Gasteiger partial charge in [0.1, 0.15) is 18.1 Å². The van der Waals surface area contributed by atoms with Crippen molar-refractivity contribution < 1.29 is 14.6 Å². The third-order valence-electron chi connectivity index (χ3n) is 3.08. The molecule has 0 heterocycles. The summed E-state index contributed by atoms with van der Waals surface area (Å²) in [6, 6.07) is 14.7. The van der Waals surface area contributed by atoms with Gasteiger partial charge >= 0.3 is 0 Å². The van der Waals surface area contributed by atoms with Gasteiger partial charge in [-0.1, -0.05) is 30.3 Å². The van der Waals surface area contributed by atoms with Crippen LogP contribution >= 0.6 is 0 Å². The van der Waals surface area contributed by atoms with Crippen LogP contribution in [0.3, 0.4) is 0 Å². The number of hydrogen-bond donors (Lipinski definition) is 2. The van der Waals surface area contributed by atoms with E-state index in [1.807, 2.05) is 44.2 Å². The van der Waals surface area contributed by atoms with Gasteiger partial charge in [0.2, 0.25) is 5.91 Å². The minimum atomic E-state index is -0.0924. The van der Waals surface area contributed by atoms with Gasteiger partial charge in [-0.3, -0.25) is 4.79 Å². The number of rotatable bonds is 6. The van der Waals surface area contributed by atoms with Crippen LogP contribution in [0.25, 0.3) is 0 Å². The molecular formula is C18H21NO3. The zero-order valence-corrected chi connectivity index (χ0v) is 12.9. The van der Waals surface area contributed by atoms with Crippen molar-refractivity contribution in [2.24, 2.45) is 0 Å². The highest BCUT2D eigenvalue weighted by Gasteiger charge is 2.11. The topological polar surface area (TPSA) is 58.6 Å². The summed E-state index contributed by atoms with van der Waals surface area (Å²) in [7, 11) is 0. The van der Waals surface area contributed by atoms with Crippen molar-refractivity contribution in [2.75, 3.05) is 0 Å². The van der Waals surface area contributed by atoms with Crippen LogP contribution in [-0.4, -0.2) is 17.1 Å². The van der Waals surface area contributed by atoms with Gasteiger partial charge in [0, 0.05) is 11.6 Å². The highest BCUT2D eigenvalue weighted by Crippen LogP contribution is 2.25. The van der Waals surface area contributed by atoms with E-state index in [9.17, 15) is 9.90 Å². The predicted octanol–water partition coefficient (Wildman–Crippen LogP) is 3.04. The maximum absolute atomic E-state index is 11.9. The Hall–Kier alpha value is -2.49. The minimum absolute atomic E-state index is 0.0819. The van der Waals surface area contributed by atoms with Crippen molar-refractivity contribution in [3.63, 3.8) is 0 Å². The van der Waals surface area contributed by atoms with Gasteiger partial charge in [0.15, 0.2) is 0 Å². The third kappa shape index (κ3) is 4.81. The fourth-order valence-corrected chi connectivity index (χ4v) is 2.13. The lowest BCUT2D eigenvalue weighted by Gasteiger charge is -2.13. The number of ether oxygens (including phenoxy) is 1. The van der Waals surface area contributed by atoms with Crippen LogP contribution in [-0.2, 0) is 17.8 Å². The Bertz CT molecular complexity index is 623. The van der Waals surface area contributed by atoms with E-state index in [0.717, 1.165) is 5.56 Å². The molecule has 0 aliphatic rings. The van der Waals surface area contributed by atoms with Crippen LogP contribution in [0.2, 0.25) is 0 Å². The zero-order chi connectivity index (χ0) is 15.9. The van der Waals surface area contributed by atoms with Crippen LogP contribution in [0.1, 0.15) is 25.0 Å². The van der Waals surface area contributed by atoms with Crippen LogP contribution in [0, 0.1) is 0 Å². The van der Waals surface area contributed by atoms with E-state index < -0.39 is 0 Å². The number of carbonyl (C=O) groups is 1. The standard InChI is InChI=1S/C18H21NO3/c1-13(2)19-18(21)11-15-10-16(20)8-9-17(15)22-12-14-6-4-3-5-7-14/h3-10,13,20H,11-12H2,1-2H3,(H,19,21). The van der Waals surface area contributed by atoms with Crippen molar-refractivity contribution in [1.29, 1.82) is 0 Å². The van der Waals surface area contributed by atoms with E-state index >= 15 is 0 Å². The molecule has 2 aromatic rings. The number of amides is 1. The lowest BCUT2D eigenvalue weighted by molar-refractivity contribution is -0.120. The average molecular weight is 299 g/mol. The van der Waals surface area contributed by atoms with E-state index in [1.54, 1.807) is 18.2 Å². The smallest absolute Gasteiger partial charge is 0.224 e. The Morgan fingerprint density at radius 2 is 1.91 bits per heavy atom. The maximum atomic E-state index is 11.9. The first-order valence-electron chi connectivity index (χ1n) is 7.32. The summed E-state index contributed by atoms with van der Waals surface area (Å²) in [5.41, 5.74) is 1.72. The molecule has 0 aliphatic carbocycles. The fraction of sp³-hybridized carbons (Fsp3) is 0.278. The number of phenolic OH excluding ortho intramolecular Hbond substituents is 1. The molecule has 0 aromatic heterocycles. The van der Waals surface area contributed by atoms with Crippen molar-refractivity contribution in [1.82, 2.24) is 5.32 Å². The molecule has 0 radical (unpaired) electrons. The molecule has 0 spiro atoms. The molecule has 0 aliphatic heterocycles. The molecule has 0 saturated heterocycles. The van der Waals surface area contributed by atoms with Gasteiger partial charge in [-0.25, -0.2) is 0 Å². The first-order valence-corrected chi connectivity index (χ1v) is 7.32. The molecule has 22 heavy (non-hydrogen) atoms. The molecule has 2 aromatic carbocycles. The molecule has 0 atom stereocenters. The fourth-order valence-electron chi connectivity index (χ4n) is 2.13. The zero-order valence-electron chi connectivity index (χ0n) is 12.9. The molecule has 0 bridgehead atoms. The normalized spacial score (nSPS) is 10.5. The first-order chi connectivity index (χ1) is 10.5. The highest BCUT2D eigenvalue weighted by molar-refractivity contribution is 5.79. The number of carbonyl (C=O) groups excluding carboxylic acids is 1. The minimum Gasteiger partial charge on any atom is -0.508 e. The lowest BCUT2D eigenvalue weighted by Crippen LogP contribution is -2.31. The van der Waals surface area contributed by atoms with Gasteiger partial charge in [0.05, 0.1) is 6.42 Å². The number of benzene rings is 2. The molecule has 1 amide bonds. The Morgan fingerprint density at radius 1 is 1.18 bits per heavy atom. The Morgan fingerprint density at radius 3 is 2.59 bits per heavy atom. The van der Waals surface area contributed by atoms with E-state index in [2.05, 4.69) is 5.32 Å². The van der Waals surface area contributed by atoms with Gasteiger partial charge in [-0.15, -0.1) is 0 Å². The third-order valence-corrected chi connectivity index (χ3v) is 3.08. The quantitative estimate of drug-likeness (QED) is 0.862. The summed E-state index contributed by atoms with van der Waals surface area (Å²) in [5, 5.41) is 12.5. The van der Waals surface area contributed by atoms with Crippen molar-refractivity contribution >= 4 is 5.91 Å². The monoisotopic (exact) mass is 299 g/mol. The maximum Gasteiger partial charge on any atom is 0.224 e. The molecule has 0 saturated carbocycles. The van der Waals surface area contributed by atoms with E-state index in [1.165, 1.54) is 0 Å². The summed E-state index contributed by atoms with van der Waals surface area (Å²) >= 11 is 0. The van der Waals surface area contributed by atoms with Crippen LogP contribution in [0.4, 0.5) is 0 Å². The Labute approximate surface area is 130 Å². The molecule has 0 unspecified atom stereocenters. The lowest BCUT2D eigenvalue weighted by atomic mass is 10.1. The van der Waals surface area contributed by atoms with Crippen LogP contribution in [0.15, 0.2) is 48.5 Å². The van der Waals surface area contributed by atoms with E-state index in [4.69, 9.17) is 4.74 Å². The molecule has 116 valence electrons. The largest absolute Gasteiger partial charge is 0.508 e. The Kier molecular flexibility index (Phi) is 5.42. The first kappa shape index (κ1) is 15.9. The second-order valence-corrected chi connectivity index (χ2v) is 5.47. The number of hydrogen-bond acceptors (Lipinski definition) is 3. The number of phenols is 1. The van der Waals surface area contributed by atoms with Gasteiger partial charge in [-0.05, 0) is 37.6 Å². The summed E-state index contributed by atoms with van der Waals surface area (Å²) < 4.78 is 5.79. The van der Waals surface area contributed by atoms with Gasteiger partial charge in [-0.2, -0.15) is 0 Å². The van der Waals surface area contributed by atoms with Gasteiger partial charge < -0.3 is 15.2 Å². The van der Waals surface area contributed by atoms with Gasteiger partial charge in [0.25, 0.3) is 0 Å². The predicted molar refractivity (Wildman–Crippen MR) is 85.9 cm³/mol. The Balaban J connectivity index is 2.08. The van der Waals surface area contributed by atoms with Crippen LogP contribution < -0.4 is 10.1 Å². The molecule has 2 rings (SSSR count). The second kappa shape index (κ2) is 7.50. The molecule has 4 nitrogen and oxygen atoms in total. The summed E-state index contributed by atoms with van der Waals surface area (Å²) in [6.45, 7) is 4.24. The molecule has 2 N–H and O–H groups in total. The molecule has 0 fully saturated rings. The number of nitrogens with one attached hydrogen (secondary N) is 1. The summed E-state index contributed by atoms with van der Waals surface area (Å²) in [4.78, 5) is 11.9. The second-order valence-electron chi connectivity index (χ2n) is 5.47. The van der Waals surface area contributed by atoms with Crippen molar-refractivity contribution in [3.8, 4) is 11.5 Å². The van der Waals surface area contributed by atoms with E-state index in [-0.39, 0.29) is 24.1 Å². The number of aromatic hydroxyl groups is 1. The van der Waals surface area contributed by atoms with E-state index in [0.29, 0.717) is 17.9 Å².